The molecule has 0 radical (unpaired) electrons. The second-order valence-electron chi connectivity index (χ2n) is 16.8. The van der Waals surface area contributed by atoms with E-state index in [1.165, 1.54) is 226 Å². The molecule has 338 valence electrons. The molecule has 6 heteroatoms. The quantitative estimate of drug-likeness (QED) is 0.0377. The van der Waals surface area contributed by atoms with Gasteiger partial charge in [-0.05, 0) is 82.8 Å². The Balaban J connectivity index is -0.000000755. The van der Waals surface area contributed by atoms with E-state index in [4.69, 9.17) is 14.6 Å². The molecule has 0 aromatic heterocycles. The predicted octanol–water partition coefficient (Wildman–Crippen LogP) is 15.2. The van der Waals surface area contributed by atoms with Gasteiger partial charge in [0.25, 0.3) is 6.47 Å². The lowest BCUT2D eigenvalue weighted by Gasteiger charge is -2.22. The highest BCUT2D eigenvalue weighted by molar-refractivity contribution is 5.65. The van der Waals surface area contributed by atoms with Crippen LogP contribution in [-0.4, -0.2) is 61.9 Å². The zero-order chi connectivity index (χ0) is 42.0. The van der Waals surface area contributed by atoms with Gasteiger partial charge >= 0.3 is 5.97 Å². The van der Waals surface area contributed by atoms with Gasteiger partial charge in [0.15, 0.2) is 0 Å². The average molecular weight is 798 g/mol. The van der Waals surface area contributed by atoms with Crippen LogP contribution in [0, 0.1) is 11.8 Å². The number of ether oxygens (including phenoxy) is 2. The zero-order valence-electron chi connectivity index (χ0n) is 39.3. The molecular formula is C50H103NO5. The fourth-order valence-electron chi connectivity index (χ4n) is 7.31. The van der Waals surface area contributed by atoms with Crippen molar-refractivity contribution < 1.29 is 24.2 Å². The summed E-state index contributed by atoms with van der Waals surface area (Å²) in [6, 6.07) is 0. The third-order valence-electron chi connectivity index (χ3n) is 11.1. The van der Waals surface area contributed by atoms with Crippen molar-refractivity contribution in [1.29, 1.82) is 0 Å². The summed E-state index contributed by atoms with van der Waals surface area (Å²) in [6.45, 7) is 20.9. The summed E-state index contributed by atoms with van der Waals surface area (Å²) in [5, 5.41) is 8.82. The summed E-state index contributed by atoms with van der Waals surface area (Å²) >= 11 is 0. The number of unbranched alkanes of at least 4 members (excludes halogenated alkanes) is 22. The topological polar surface area (TPSA) is 76.1 Å². The molecule has 0 aliphatic heterocycles. The second kappa shape index (κ2) is 53.9. The summed E-state index contributed by atoms with van der Waals surface area (Å²) < 4.78 is 10.2. The van der Waals surface area contributed by atoms with Crippen LogP contribution in [0.1, 0.15) is 260 Å². The number of esters is 1. The lowest BCUT2D eigenvalue weighted by Crippen LogP contribution is -2.27. The van der Waals surface area contributed by atoms with Crippen LogP contribution in [0.25, 0.3) is 0 Å². The smallest absolute Gasteiger partial charge is 0.302 e. The van der Waals surface area contributed by atoms with Gasteiger partial charge in [-0.2, -0.15) is 0 Å². The molecule has 0 saturated carbocycles. The Morgan fingerprint density at radius 3 is 1.14 bits per heavy atom. The van der Waals surface area contributed by atoms with E-state index >= 15 is 0 Å². The summed E-state index contributed by atoms with van der Waals surface area (Å²) in [5.74, 6) is 1.04. The van der Waals surface area contributed by atoms with Crippen molar-refractivity contribution in [2.24, 2.45) is 11.8 Å². The van der Waals surface area contributed by atoms with Gasteiger partial charge < -0.3 is 19.5 Å². The molecule has 0 rings (SSSR count). The average Bonchev–Trinajstić information content (AvgIpc) is 3.20. The van der Waals surface area contributed by atoms with E-state index in [-0.39, 0.29) is 5.97 Å². The Kier molecular flexibility index (Phi) is 56.9. The van der Waals surface area contributed by atoms with Crippen LogP contribution in [0.3, 0.4) is 0 Å². The molecule has 2 atom stereocenters. The van der Waals surface area contributed by atoms with Crippen molar-refractivity contribution in [1.82, 2.24) is 4.90 Å². The maximum Gasteiger partial charge on any atom is 0.302 e. The molecule has 0 spiro atoms. The van der Waals surface area contributed by atoms with Crippen LogP contribution in [0.15, 0.2) is 0 Å². The molecule has 0 bridgehead atoms. The molecule has 0 aliphatic rings. The third-order valence-corrected chi connectivity index (χ3v) is 11.1. The van der Waals surface area contributed by atoms with Gasteiger partial charge in [0.1, 0.15) is 0 Å². The van der Waals surface area contributed by atoms with Gasteiger partial charge in [0.05, 0.1) is 13.2 Å². The minimum absolute atomic E-state index is 0.133. The van der Waals surface area contributed by atoms with Crippen LogP contribution >= 0.6 is 0 Å². The molecule has 0 saturated heterocycles. The molecule has 0 fully saturated rings. The fraction of sp³-hybridized carbons (Fsp3) is 0.960. The Morgan fingerprint density at radius 1 is 0.464 bits per heavy atom. The molecule has 0 amide bonds. The van der Waals surface area contributed by atoms with Crippen molar-refractivity contribution in [3.63, 3.8) is 0 Å². The molecule has 0 aliphatic carbocycles. The van der Waals surface area contributed by atoms with Gasteiger partial charge in [-0.25, -0.2) is 0 Å². The minimum atomic E-state index is -0.133. The van der Waals surface area contributed by atoms with Gasteiger partial charge in [-0.1, -0.05) is 202 Å². The number of carbonyl (C=O) groups excluding carboxylic acids is 2. The molecule has 6 nitrogen and oxygen atoms in total. The predicted molar refractivity (Wildman–Crippen MR) is 246 cm³/mol. The normalized spacial score (nSPS) is 12.0. The Labute approximate surface area is 352 Å². The maximum absolute atomic E-state index is 11.0. The molecule has 1 N–H and O–H groups in total. The first-order valence-electron chi connectivity index (χ1n) is 24.9. The molecular weight excluding hydrogens is 695 g/mol. The number of aliphatic hydroxyl groups excluding tert-OH is 1. The third kappa shape index (κ3) is 52.9. The number of aliphatic hydroxyl groups is 1. The number of hydrogen-bond donors (Lipinski definition) is 1. The second-order valence-corrected chi connectivity index (χ2v) is 16.8. The van der Waals surface area contributed by atoms with E-state index in [1.54, 1.807) is 0 Å². The van der Waals surface area contributed by atoms with Gasteiger partial charge in [-0.15, -0.1) is 0 Å². The molecule has 2 unspecified atom stereocenters. The molecule has 0 aromatic carbocycles. The van der Waals surface area contributed by atoms with E-state index in [0.717, 1.165) is 12.8 Å². The molecule has 0 aromatic rings. The first-order chi connectivity index (χ1) is 27.4. The molecule has 0 heterocycles. The first kappa shape index (κ1) is 59.2. The number of hydrogen-bond acceptors (Lipinski definition) is 6. The fourth-order valence-corrected chi connectivity index (χ4v) is 7.31. The van der Waals surface area contributed by atoms with Crippen molar-refractivity contribution in [2.75, 3.05) is 39.5 Å². The van der Waals surface area contributed by atoms with Crippen LogP contribution in [0.2, 0.25) is 0 Å². The van der Waals surface area contributed by atoms with E-state index in [1.807, 2.05) is 0 Å². The van der Waals surface area contributed by atoms with Crippen molar-refractivity contribution in [2.45, 2.75) is 260 Å². The highest BCUT2D eigenvalue weighted by Crippen LogP contribution is 2.20. The first-order valence-corrected chi connectivity index (χ1v) is 24.9. The van der Waals surface area contributed by atoms with Crippen molar-refractivity contribution in [3.8, 4) is 0 Å². The highest BCUT2D eigenvalue weighted by atomic mass is 16.5. The summed E-state index contributed by atoms with van der Waals surface area (Å²) in [4.78, 5) is 23.9. The number of nitrogens with zero attached hydrogens (tertiary/aromatic N) is 1. The lowest BCUT2D eigenvalue weighted by atomic mass is 9.95. The SMILES string of the molecule is CCCCCCCCC(CCCCCC)COC(C)=O.CCCCCCCCC(CCCCCC)COC=O.CCCCCCN(CCCCC)CCCCO. The van der Waals surface area contributed by atoms with Gasteiger partial charge in [0.2, 0.25) is 0 Å². The summed E-state index contributed by atoms with van der Waals surface area (Å²) in [6.07, 6.45) is 43.0. The maximum atomic E-state index is 11.0. The number of rotatable bonds is 42. The lowest BCUT2D eigenvalue weighted by molar-refractivity contribution is -0.142. The Morgan fingerprint density at radius 2 is 0.768 bits per heavy atom. The van der Waals surface area contributed by atoms with Crippen molar-refractivity contribution >= 4 is 12.4 Å². The van der Waals surface area contributed by atoms with Crippen LogP contribution < -0.4 is 0 Å². The van der Waals surface area contributed by atoms with E-state index in [9.17, 15) is 9.59 Å². The Hall–Kier alpha value is -1.14. The van der Waals surface area contributed by atoms with Crippen LogP contribution in [-0.2, 0) is 19.1 Å². The largest absolute Gasteiger partial charge is 0.468 e. The van der Waals surface area contributed by atoms with Crippen LogP contribution in [0.5, 0.6) is 0 Å². The van der Waals surface area contributed by atoms with E-state index < -0.39 is 0 Å². The van der Waals surface area contributed by atoms with Crippen LogP contribution in [0.4, 0.5) is 0 Å². The minimum Gasteiger partial charge on any atom is -0.468 e. The monoisotopic (exact) mass is 798 g/mol. The summed E-state index contributed by atoms with van der Waals surface area (Å²) in [5.41, 5.74) is 0. The zero-order valence-corrected chi connectivity index (χ0v) is 39.3. The molecule has 56 heavy (non-hydrogen) atoms. The standard InChI is InChI=1S/C18H36O2.C17H34O2.C15H33NO/c1-4-6-8-10-11-13-15-18(16-20-17(3)19)14-12-9-7-5-2;1-3-5-7-9-10-12-14-17(15-19-16-18)13-11-8-6-4-2;1-3-5-7-9-13-16(12-8-6-4-2)14-10-11-15-17/h18H,4-16H2,1-3H3;16-17H,3-15H2,1-2H3;17H,3-15H2,1-2H3. The highest BCUT2D eigenvalue weighted by Gasteiger charge is 2.11. The van der Waals surface area contributed by atoms with E-state index in [0.29, 0.717) is 38.1 Å². The van der Waals surface area contributed by atoms with Gasteiger partial charge in [-0.3, -0.25) is 9.59 Å². The Bertz CT molecular complexity index is 710. The van der Waals surface area contributed by atoms with Crippen molar-refractivity contribution in [3.05, 3.63) is 0 Å². The van der Waals surface area contributed by atoms with Gasteiger partial charge in [0, 0.05) is 13.5 Å². The number of carbonyl (C=O) groups is 2. The van der Waals surface area contributed by atoms with E-state index in [2.05, 4.69) is 46.4 Å². The summed E-state index contributed by atoms with van der Waals surface area (Å²) in [7, 11) is 0.